The van der Waals surface area contributed by atoms with Gasteiger partial charge in [0.1, 0.15) is 17.0 Å². The fraction of sp³-hybridized carbons (Fsp3) is 0.708. The lowest BCUT2D eigenvalue weighted by Crippen LogP contribution is -2.43. The Kier molecular flexibility index (Phi) is 7.95. The number of nitrogens with zero attached hydrogens (tertiary/aromatic N) is 3. The fourth-order valence-corrected chi connectivity index (χ4v) is 3.55. The number of likely N-dealkylation sites (tertiary alicyclic amines) is 1. The molecule has 7 heteroatoms. The molecule has 1 fully saturated rings. The molecule has 1 aliphatic rings. The number of ether oxygens (including phenoxy) is 2. The smallest absolute Gasteiger partial charge is 0.416 e. The quantitative estimate of drug-likeness (QED) is 0.575. The Labute approximate surface area is 187 Å². The number of amides is 2. The Morgan fingerprint density at radius 1 is 1.13 bits per heavy atom. The first-order valence-electron chi connectivity index (χ1n) is 11.3. The number of pyridine rings is 1. The summed E-state index contributed by atoms with van der Waals surface area (Å²) in [4.78, 5) is 33.5. The van der Waals surface area contributed by atoms with Crippen LogP contribution in [0.4, 0.5) is 15.4 Å². The summed E-state index contributed by atoms with van der Waals surface area (Å²) in [7, 11) is 0. The SMILES string of the molecule is CC[C@@H](C)N(C(=O)OC(C)(C)C)c1ccc([C@H]2CCCCN2C(=O)OC(C)(C)C)cn1. The molecule has 1 aromatic rings. The minimum absolute atomic E-state index is 0.0545. The predicted octanol–water partition coefficient (Wildman–Crippen LogP) is 6.08. The van der Waals surface area contributed by atoms with Gasteiger partial charge in [0, 0.05) is 18.8 Å². The summed E-state index contributed by atoms with van der Waals surface area (Å²) in [5, 5.41) is 0. The van der Waals surface area contributed by atoms with Gasteiger partial charge in [-0.05, 0) is 85.8 Å². The molecule has 7 nitrogen and oxygen atoms in total. The molecule has 174 valence electrons. The summed E-state index contributed by atoms with van der Waals surface area (Å²) in [5.41, 5.74) is -0.174. The van der Waals surface area contributed by atoms with Gasteiger partial charge >= 0.3 is 12.2 Å². The van der Waals surface area contributed by atoms with Crippen LogP contribution in [0.3, 0.4) is 0 Å². The molecular formula is C24H39N3O4. The first-order valence-corrected chi connectivity index (χ1v) is 11.3. The van der Waals surface area contributed by atoms with Crippen LogP contribution in [0.15, 0.2) is 18.3 Å². The number of anilines is 1. The Morgan fingerprint density at radius 3 is 2.29 bits per heavy atom. The summed E-state index contributed by atoms with van der Waals surface area (Å²) in [6.45, 7) is 15.8. The van der Waals surface area contributed by atoms with E-state index in [0.29, 0.717) is 12.4 Å². The van der Waals surface area contributed by atoms with Crippen molar-refractivity contribution in [2.45, 2.75) is 104 Å². The molecule has 0 aliphatic carbocycles. The molecule has 0 spiro atoms. The van der Waals surface area contributed by atoms with Crippen molar-refractivity contribution in [1.29, 1.82) is 0 Å². The van der Waals surface area contributed by atoms with Gasteiger partial charge in [-0.2, -0.15) is 0 Å². The first-order chi connectivity index (χ1) is 14.3. The van der Waals surface area contributed by atoms with Crippen molar-refractivity contribution in [1.82, 2.24) is 9.88 Å². The fourth-order valence-electron chi connectivity index (χ4n) is 3.55. The molecule has 0 radical (unpaired) electrons. The Bertz CT molecular complexity index is 750. The van der Waals surface area contributed by atoms with Gasteiger partial charge in [-0.15, -0.1) is 0 Å². The number of carbonyl (C=O) groups excluding carboxylic acids is 2. The van der Waals surface area contributed by atoms with Crippen LogP contribution in [0.2, 0.25) is 0 Å². The van der Waals surface area contributed by atoms with E-state index in [2.05, 4.69) is 4.98 Å². The average Bonchev–Trinajstić information content (AvgIpc) is 2.66. The van der Waals surface area contributed by atoms with Crippen molar-refractivity contribution in [3.05, 3.63) is 23.9 Å². The number of piperidine rings is 1. The van der Waals surface area contributed by atoms with E-state index in [-0.39, 0.29) is 18.2 Å². The van der Waals surface area contributed by atoms with Gasteiger partial charge in [0.15, 0.2) is 0 Å². The number of aromatic nitrogens is 1. The zero-order chi connectivity index (χ0) is 23.4. The van der Waals surface area contributed by atoms with E-state index >= 15 is 0 Å². The molecule has 0 bridgehead atoms. The number of rotatable bonds is 4. The Balaban J connectivity index is 2.26. The molecule has 1 saturated heterocycles. The van der Waals surface area contributed by atoms with E-state index in [1.165, 1.54) is 0 Å². The standard InChI is InChI=1S/C24H39N3O4/c1-9-17(2)27(22(29)31-24(6,7)8)20-14-13-18(16-25-20)19-12-10-11-15-26(19)21(28)30-23(3,4)5/h13-14,16-17,19H,9-12,15H2,1-8H3/t17-,19-/m1/s1. The van der Waals surface area contributed by atoms with Gasteiger partial charge in [0.05, 0.1) is 6.04 Å². The largest absolute Gasteiger partial charge is 0.444 e. The molecule has 2 amide bonds. The molecule has 0 aromatic carbocycles. The highest BCUT2D eigenvalue weighted by Gasteiger charge is 2.32. The average molecular weight is 434 g/mol. The molecule has 0 unspecified atom stereocenters. The molecule has 2 heterocycles. The van der Waals surface area contributed by atoms with E-state index < -0.39 is 17.3 Å². The monoisotopic (exact) mass is 433 g/mol. The van der Waals surface area contributed by atoms with Crippen molar-refractivity contribution in [2.75, 3.05) is 11.4 Å². The van der Waals surface area contributed by atoms with Crippen molar-refractivity contribution in [3.8, 4) is 0 Å². The maximum atomic E-state index is 12.8. The van der Waals surface area contributed by atoms with Crippen LogP contribution in [0.25, 0.3) is 0 Å². The minimum Gasteiger partial charge on any atom is -0.444 e. The van der Waals surface area contributed by atoms with Crippen molar-refractivity contribution in [3.63, 3.8) is 0 Å². The molecule has 0 saturated carbocycles. The van der Waals surface area contributed by atoms with E-state index in [0.717, 1.165) is 31.2 Å². The van der Waals surface area contributed by atoms with Crippen LogP contribution < -0.4 is 4.90 Å². The van der Waals surface area contributed by atoms with Gasteiger partial charge in [0.25, 0.3) is 0 Å². The second-order valence-electron chi connectivity index (χ2n) is 10.2. The Hall–Kier alpha value is -2.31. The molecular weight excluding hydrogens is 394 g/mol. The van der Waals surface area contributed by atoms with E-state index in [1.807, 2.05) is 67.5 Å². The summed E-state index contributed by atoms with van der Waals surface area (Å²) in [5.74, 6) is 0.548. The molecule has 0 N–H and O–H groups in total. The maximum Gasteiger partial charge on any atom is 0.416 e. The third kappa shape index (κ3) is 7.11. The molecule has 1 aromatic heterocycles. The third-order valence-electron chi connectivity index (χ3n) is 5.15. The normalized spacial score (nSPS) is 18.3. The van der Waals surface area contributed by atoms with Crippen LogP contribution in [0.5, 0.6) is 0 Å². The van der Waals surface area contributed by atoms with Crippen LogP contribution in [0, 0.1) is 0 Å². The Morgan fingerprint density at radius 2 is 1.77 bits per heavy atom. The maximum absolute atomic E-state index is 12.8. The minimum atomic E-state index is -0.585. The van der Waals surface area contributed by atoms with Gasteiger partial charge in [-0.1, -0.05) is 13.0 Å². The number of hydrogen-bond donors (Lipinski definition) is 0. The molecule has 2 atom stereocenters. The van der Waals surface area contributed by atoms with E-state index in [1.54, 1.807) is 16.0 Å². The van der Waals surface area contributed by atoms with Gasteiger partial charge in [0.2, 0.25) is 0 Å². The zero-order valence-corrected chi connectivity index (χ0v) is 20.4. The molecule has 2 rings (SSSR count). The lowest BCUT2D eigenvalue weighted by molar-refractivity contribution is 0.00947. The van der Waals surface area contributed by atoms with Crippen LogP contribution in [-0.2, 0) is 9.47 Å². The summed E-state index contributed by atoms with van der Waals surface area (Å²) >= 11 is 0. The van der Waals surface area contributed by atoms with Crippen molar-refractivity contribution < 1.29 is 19.1 Å². The zero-order valence-electron chi connectivity index (χ0n) is 20.4. The number of carbonyl (C=O) groups is 2. The highest BCUT2D eigenvalue weighted by atomic mass is 16.6. The van der Waals surface area contributed by atoms with E-state index in [4.69, 9.17) is 9.47 Å². The van der Waals surface area contributed by atoms with E-state index in [9.17, 15) is 9.59 Å². The highest BCUT2D eigenvalue weighted by molar-refractivity contribution is 5.87. The summed E-state index contributed by atoms with van der Waals surface area (Å²) < 4.78 is 11.2. The summed E-state index contributed by atoms with van der Waals surface area (Å²) in [6, 6.07) is 3.66. The molecule has 1 aliphatic heterocycles. The lowest BCUT2D eigenvalue weighted by atomic mass is 9.97. The lowest BCUT2D eigenvalue weighted by Gasteiger charge is -2.37. The van der Waals surface area contributed by atoms with Gasteiger partial charge < -0.3 is 14.4 Å². The summed E-state index contributed by atoms with van der Waals surface area (Å²) in [6.07, 6.45) is 4.71. The highest BCUT2D eigenvalue weighted by Crippen LogP contribution is 2.33. The van der Waals surface area contributed by atoms with Crippen molar-refractivity contribution >= 4 is 18.0 Å². The number of hydrogen-bond acceptors (Lipinski definition) is 5. The molecule has 31 heavy (non-hydrogen) atoms. The van der Waals surface area contributed by atoms with Gasteiger partial charge in [-0.25, -0.2) is 14.6 Å². The van der Waals surface area contributed by atoms with Crippen molar-refractivity contribution in [2.24, 2.45) is 0 Å². The second kappa shape index (κ2) is 9.88. The topological polar surface area (TPSA) is 72.0 Å². The second-order valence-corrected chi connectivity index (χ2v) is 10.2. The van der Waals surface area contributed by atoms with Gasteiger partial charge in [-0.3, -0.25) is 4.90 Å². The van der Waals surface area contributed by atoms with Crippen LogP contribution >= 0.6 is 0 Å². The predicted molar refractivity (Wildman–Crippen MR) is 122 cm³/mol. The van der Waals surface area contributed by atoms with Crippen LogP contribution in [-0.4, -0.2) is 45.9 Å². The third-order valence-corrected chi connectivity index (χ3v) is 5.15. The van der Waals surface area contributed by atoms with Crippen LogP contribution in [0.1, 0.15) is 92.7 Å². The first kappa shape index (κ1) is 25.0.